The Balaban J connectivity index is 4.41. The highest BCUT2D eigenvalue weighted by atomic mass is 15.1. The largest absolute Gasteiger partial charge is 0.377 e. The van der Waals surface area contributed by atoms with Crippen molar-refractivity contribution in [3.8, 4) is 0 Å². The first kappa shape index (κ1) is 9.02. The molecule has 0 fully saturated rings. The van der Waals surface area contributed by atoms with Gasteiger partial charge in [-0.05, 0) is 18.6 Å². The standard InChI is InChI=1S/C9H15N/c1-6-7-9(8(2)3)10(4)5/h6-7H,1-2H2,3-5H3/b9-7+. The summed E-state index contributed by atoms with van der Waals surface area (Å²) in [6.45, 7) is 9.44. The average molecular weight is 137 g/mol. The minimum Gasteiger partial charge on any atom is -0.377 e. The van der Waals surface area contributed by atoms with Gasteiger partial charge in [-0.2, -0.15) is 0 Å². The van der Waals surface area contributed by atoms with Gasteiger partial charge in [0.1, 0.15) is 0 Å². The van der Waals surface area contributed by atoms with Crippen molar-refractivity contribution >= 4 is 0 Å². The fraction of sp³-hybridized carbons (Fsp3) is 0.333. The van der Waals surface area contributed by atoms with Crippen molar-refractivity contribution in [3.05, 3.63) is 36.6 Å². The maximum absolute atomic E-state index is 3.84. The van der Waals surface area contributed by atoms with E-state index in [1.807, 2.05) is 32.0 Å². The second-order valence-corrected chi connectivity index (χ2v) is 2.46. The molecule has 0 N–H and O–H groups in total. The lowest BCUT2D eigenvalue weighted by Crippen LogP contribution is -2.11. The molecule has 0 atom stereocenters. The van der Waals surface area contributed by atoms with Crippen LogP contribution in [0.3, 0.4) is 0 Å². The molecule has 0 amide bonds. The zero-order valence-corrected chi connectivity index (χ0v) is 7.02. The van der Waals surface area contributed by atoms with Crippen molar-refractivity contribution in [2.24, 2.45) is 0 Å². The highest BCUT2D eigenvalue weighted by Gasteiger charge is 1.96. The van der Waals surface area contributed by atoms with Crippen LogP contribution in [-0.2, 0) is 0 Å². The molecule has 0 heterocycles. The topological polar surface area (TPSA) is 3.24 Å². The summed E-state index contributed by atoms with van der Waals surface area (Å²) in [5.74, 6) is 0. The summed E-state index contributed by atoms with van der Waals surface area (Å²) in [7, 11) is 3.98. The van der Waals surface area contributed by atoms with Crippen molar-refractivity contribution in [1.29, 1.82) is 0 Å². The number of likely N-dealkylation sites (N-methyl/N-ethyl adjacent to an activating group) is 1. The Morgan fingerprint density at radius 2 is 1.90 bits per heavy atom. The summed E-state index contributed by atoms with van der Waals surface area (Å²) in [6, 6.07) is 0. The summed E-state index contributed by atoms with van der Waals surface area (Å²) >= 11 is 0. The van der Waals surface area contributed by atoms with E-state index in [0.717, 1.165) is 11.3 Å². The first-order valence-electron chi connectivity index (χ1n) is 3.25. The maximum atomic E-state index is 3.84. The average Bonchev–Trinajstić information content (AvgIpc) is 1.81. The van der Waals surface area contributed by atoms with Crippen LogP contribution in [0.25, 0.3) is 0 Å². The van der Waals surface area contributed by atoms with E-state index in [1.165, 1.54) is 0 Å². The molecule has 0 saturated carbocycles. The number of nitrogens with zero attached hydrogens (tertiary/aromatic N) is 1. The van der Waals surface area contributed by atoms with Gasteiger partial charge in [-0.1, -0.05) is 19.2 Å². The molecule has 0 spiro atoms. The van der Waals surface area contributed by atoms with Gasteiger partial charge in [-0.25, -0.2) is 0 Å². The number of allylic oxidation sites excluding steroid dienone is 3. The van der Waals surface area contributed by atoms with Crippen molar-refractivity contribution in [1.82, 2.24) is 4.90 Å². The molecule has 0 aromatic rings. The Morgan fingerprint density at radius 1 is 1.40 bits per heavy atom. The van der Waals surface area contributed by atoms with E-state index in [0.29, 0.717) is 0 Å². The highest BCUT2D eigenvalue weighted by molar-refractivity contribution is 5.27. The van der Waals surface area contributed by atoms with E-state index >= 15 is 0 Å². The van der Waals surface area contributed by atoms with Crippen LogP contribution >= 0.6 is 0 Å². The van der Waals surface area contributed by atoms with Crippen LogP contribution in [0.1, 0.15) is 6.92 Å². The summed E-state index contributed by atoms with van der Waals surface area (Å²) in [4.78, 5) is 2.02. The van der Waals surface area contributed by atoms with Crippen molar-refractivity contribution in [2.45, 2.75) is 6.92 Å². The minimum atomic E-state index is 1.06. The molecule has 0 aliphatic carbocycles. The Hall–Kier alpha value is -0.980. The van der Waals surface area contributed by atoms with Gasteiger partial charge < -0.3 is 4.90 Å². The van der Waals surface area contributed by atoms with Crippen molar-refractivity contribution < 1.29 is 0 Å². The van der Waals surface area contributed by atoms with Crippen LogP contribution < -0.4 is 0 Å². The quantitative estimate of drug-likeness (QED) is 0.539. The van der Waals surface area contributed by atoms with Gasteiger partial charge in [0.2, 0.25) is 0 Å². The van der Waals surface area contributed by atoms with Crippen molar-refractivity contribution in [2.75, 3.05) is 14.1 Å². The molecule has 0 aliphatic rings. The molecule has 0 aromatic carbocycles. The third-order valence-electron chi connectivity index (χ3n) is 1.19. The highest BCUT2D eigenvalue weighted by Crippen LogP contribution is 2.08. The Labute approximate surface area is 63.3 Å². The summed E-state index contributed by atoms with van der Waals surface area (Å²) in [5.41, 5.74) is 2.18. The third-order valence-corrected chi connectivity index (χ3v) is 1.19. The molecule has 0 saturated heterocycles. The van der Waals surface area contributed by atoms with Gasteiger partial charge in [0, 0.05) is 19.8 Å². The van der Waals surface area contributed by atoms with E-state index in [9.17, 15) is 0 Å². The maximum Gasteiger partial charge on any atom is 0.0384 e. The third kappa shape index (κ3) is 2.53. The number of hydrogen-bond acceptors (Lipinski definition) is 1. The van der Waals surface area contributed by atoms with Crippen LogP contribution in [0.15, 0.2) is 36.6 Å². The van der Waals surface area contributed by atoms with Gasteiger partial charge in [0.05, 0.1) is 0 Å². The first-order valence-corrected chi connectivity index (χ1v) is 3.25. The lowest BCUT2D eigenvalue weighted by Gasteiger charge is -2.16. The molecular weight excluding hydrogens is 122 g/mol. The molecule has 0 radical (unpaired) electrons. The summed E-state index contributed by atoms with van der Waals surface area (Å²) in [5, 5.41) is 0. The van der Waals surface area contributed by atoms with E-state index in [4.69, 9.17) is 0 Å². The Bertz CT molecular complexity index is 164. The summed E-state index contributed by atoms with van der Waals surface area (Å²) in [6.07, 6.45) is 3.71. The molecular formula is C9H15N. The van der Waals surface area contributed by atoms with Crippen LogP contribution in [0.2, 0.25) is 0 Å². The number of hydrogen-bond donors (Lipinski definition) is 0. The monoisotopic (exact) mass is 137 g/mol. The molecule has 56 valence electrons. The zero-order valence-electron chi connectivity index (χ0n) is 7.02. The molecule has 10 heavy (non-hydrogen) atoms. The van der Waals surface area contributed by atoms with E-state index in [-0.39, 0.29) is 0 Å². The van der Waals surface area contributed by atoms with Crippen molar-refractivity contribution in [3.63, 3.8) is 0 Å². The minimum absolute atomic E-state index is 1.06. The Morgan fingerprint density at radius 3 is 2.00 bits per heavy atom. The summed E-state index contributed by atoms with van der Waals surface area (Å²) < 4.78 is 0. The van der Waals surface area contributed by atoms with Gasteiger partial charge in [-0.15, -0.1) is 0 Å². The second kappa shape index (κ2) is 3.94. The van der Waals surface area contributed by atoms with Gasteiger partial charge in [0.15, 0.2) is 0 Å². The molecule has 0 rings (SSSR count). The van der Waals surface area contributed by atoms with E-state index in [1.54, 1.807) is 6.08 Å². The zero-order chi connectivity index (χ0) is 8.15. The van der Waals surface area contributed by atoms with Crippen LogP contribution in [0.5, 0.6) is 0 Å². The van der Waals surface area contributed by atoms with Gasteiger partial charge in [0.25, 0.3) is 0 Å². The molecule has 1 heteroatoms. The smallest absolute Gasteiger partial charge is 0.0384 e. The normalized spacial score (nSPS) is 10.9. The fourth-order valence-electron chi connectivity index (χ4n) is 0.785. The first-order chi connectivity index (χ1) is 4.59. The molecule has 0 bridgehead atoms. The predicted molar refractivity (Wildman–Crippen MR) is 46.8 cm³/mol. The lowest BCUT2D eigenvalue weighted by atomic mass is 10.2. The molecule has 0 unspecified atom stereocenters. The van der Waals surface area contributed by atoms with Gasteiger partial charge in [-0.3, -0.25) is 0 Å². The Kier molecular flexibility index (Phi) is 3.55. The molecule has 0 aromatic heterocycles. The lowest BCUT2D eigenvalue weighted by molar-refractivity contribution is 0.522. The van der Waals surface area contributed by atoms with Gasteiger partial charge >= 0.3 is 0 Å². The van der Waals surface area contributed by atoms with Crippen LogP contribution in [0, 0.1) is 0 Å². The molecule has 1 nitrogen and oxygen atoms in total. The predicted octanol–water partition coefficient (Wildman–Crippen LogP) is 2.19. The molecule has 0 aliphatic heterocycles. The number of rotatable bonds is 3. The van der Waals surface area contributed by atoms with E-state index in [2.05, 4.69) is 13.2 Å². The van der Waals surface area contributed by atoms with Crippen LogP contribution in [0.4, 0.5) is 0 Å². The SMILES string of the molecule is C=C/C=C(\C(=C)C)N(C)C. The van der Waals surface area contributed by atoms with E-state index < -0.39 is 0 Å². The second-order valence-electron chi connectivity index (χ2n) is 2.46. The van der Waals surface area contributed by atoms with Crippen LogP contribution in [-0.4, -0.2) is 19.0 Å². The fourth-order valence-corrected chi connectivity index (χ4v) is 0.785.